The minimum atomic E-state index is 0. The Kier molecular flexibility index (Phi) is 10.7. The molecule has 0 spiro atoms. The Morgan fingerprint density at radius 1 is 1.24 bits per heavy atom. The van der Waals surface area contributed by atoms with Crippen LogP contribution in [0.2, 0.25) is 5.02 Å². The number of halogens is 2. The Morgan fingerprint density at radius 2 is 1.96 bits per heavy atom. The van der Waals surface area contributed by atoms with Crippen molar-refractivity contribution < 1.29 is 0 Å². The van der Waals surface area contributed by atoms with Gasteiger partial charge in [0.2, 0.25) is 0 Å². The van der Waals surface area contributed by atoms with Crippen LogP contribution in [0.1, 0.15) is 12.5 Å². The fourth-order valence-corrected chi connectivity index (χ4v) is 3.09. The van der Waals surface area contributed by atoms with Gasteiger partial charge in [-0.05, 0) is 38.1 Å². The molecule has 1 unspecified atom stereocenters. The number of nitrogens with one attached hydrogen (secondary N) is 2. The van der Waals surface area contributed by atoms with E-state index in [1.54, 1.807) is 0 Å². The van der Waals surface area contributed by atoms with Crippen molar-refractivity contribution in [2.24, 2.45) is 4.99 Å². The van der Waals surface area contributed by atoms with Crippen molar-refractivity contribution in [1.82, 2.24) is 20.4 Å². The summed E-state index contributed by atoms with van der Waals surface area (Å²) < 4.78 is 0. The molecule has 0 bridgehead atoms. The molecule has 1 heterocycles. The summed E-state index contributed by atoms with van der Waals surface area (Å²) in [7, 11) is 4.00. The quantitative estimate of drug-likeness (QED) is 0.373. The van der Waals surface area contributed by atoms with Crippen LogP contribution in [-0.4, -0.2) is 75.2 Å². The average Bonchev–Trinajstić information content (AvgIpc) is 2.58. The molecule has 142 valence electrons. The van der Waals surface area contributed by atoms with Gasteiger partial charge in [0.1, 0.15) is 0 Å². The zero-order chi connectivity index (χ0) is 17.4. The van der Waals surface area contributed by atoms with Gasteiger partial charge in [0, 0.05) is 57.4 Å². The van der Waals surface area contributed by atoms with Crippen LogP contribution >= 0.6 is 35.6 Å². The summed E-state index contributed by atoms with van der Waals surface area (Å²) in [6.07, 6.45) is 0.926. The summed E-state index contributed by atoms with van der Waals surface area (Å²) in [6.45, 7) is 8.59. The smallest absolute Gasteiger partial charge is 0.191 e. The Labute approximate surface area is 174 Å². The molecule has 0 amide bonds. The number of aliphatic imine (C=N–C) groups is 1. The number of hydrogen-bond acceptors (Lipinski definition) is 3. The summed E-state index contributed by atoms with van der Waals surface area (Å²) in [6, 6.07) is 8.50. The van der Waals surface area contributed by atoms with E-state index in [1.165, 1.54) is 5.56 Å². The molecule has 1 fully saturated rings. The third-order valence-electron chi connectivity index (χ3n) is 4.54. The van der Waals surface area contributed by atoms with Crippen LogP contribution < -0.4 is 10.6 Å². The maximum Gasteiger partial charge on any atom is 0.191 e. The zero-order valence-electron chi connectivity index (χ0n) is 15.5. The molecule has 7 heteroatoms. The monoisotopic (exact) mass is 479 g/mol. The summed E-state index contributed by atoms with van der Waals surface area (Å²) in [5.74, 6) is 0.859. The van der Waals surface area contributed by atoms with E-state index < -0.39 is 0 Å². The van der Waals surface area contributed by atoms with Gasteiger partial charge < -0.3 is 15.5 Å². The zero-order valence-corrected chi connectivity index (χ0v) is 18.6. The van der Waals surface area contributed by atoms with E-state index in [1.807, 2.05) is 25.2 Å². The Bertz CT molecular complexity index is 532. The number of guanidine groups is 1. The predicted octanol–water partition coefficient (Wildman–Crippen LogP) is 2.30. The fraction of sp³-hybridized carbons (Fsp3) is 0.611. The highest BCUT2D eigenvalue weighted by molar-refractivity contribution is 14.0. The molecule has 1 aliphatic heterocycles. The number of hydrogen-bond donors (Lipinski definition) is 2. The second-order valence-electron chi connectivity index (χ2n) is 6.45. The number of benzene rings is 1. The molecule has 1 aliphatic rings. The maximum absolute atomic E-state index is 6.02. The molecule has 0 aliphatic carbocycles. The van der Waals surface area contributed by atoms with Gasteiger partial charge in [-0.3, -0.25) is 9.89 Å². The second-order valence-corrected chi connectivity index (χ2v) is 6.88. The van der Waals surface area contributed by atoms with Gasteiger partial charge in [0.25, 0.3) is 0 Å². The van der Waals surface area contributed by atoms with Crippen molar-refractivity contribution in [3.8, 4) is 0 Å². The molecule has 1 atom stereocenters. The SMILES string of the molecule is CN=C(NCCc1cccc(Cl)c1)NCC(C)N1CCN(C)CC1.I. The van der Waals surface area contributed by atoms with Crippen molar-refractivity contribution in [2.75, 3.05) is 53.4 Å². The van der Waals surface area contributed by atoms with Gasteiger partial charge in [-0.25, -0.2) is 0 Å². The maximum atomic E-state index is 6.02. The van der Waals surface area contributed by atoms with Crippen molar-refractivity contribution >= 4 is 41.5 Å². The van der Waals surface area contributed by atoms with Crippen LogP contribution in [0.25, 0.3) is 0 Å². The standard InChI is InChI=1S/C18H30ClN5.HI/c1-15(24-11-9-23(3)10-12-24)14-22-18(20-2)21-8-7-16-5-4-6-17(19)13-16;/h4-6,13,15H,7-12,14H2,1-3H3,(H2,20,21,22);1H. The van der Waals surface area contributed by atoms with E-state index in [2.05, 4.69) is 45.5 Å². The molecule has 2 rings (SSSR count). The molecule has 1 saturated heterocycles. The molecule has 2 N–H and O–H groups in total. The topological polar surface area (TPSA) is 42.9 Å². The average molecular weight is 480 g/mol. The van der Waals surface area contributed by atoms with Crippen LogP contribution in [0.3, 0.4) is 0 Å². The summed E-state index contributed by atoms with van der Waals surface area (Å²) in [4.78, 5) is 9.22. The molecular weight excluding hydrogens is 449 g/mol. The van der Waals surface area contributed by atoms with Crippen molar-refractivity contribution in [3.05, 3.63) is 34.9 Å². The van der Waals surface area contributed by atoms with E-state index in [0.29, 0.717) is 6.04 Å². The summed E-state index contributed by atoms with van der Waals surface area (Å²) >= 11 is 6.02. The van der Waals surface area contributed by atoms with E-state index in [4.69, 9.17) is 11.6 Å². The van der Waals surface area contributed by atoms with Crippen molar-refractivity contribution in [1.29, 1.82) is 0 Å². The van der Waals surface area contributed by atoms with Gasteiger partial charge in [0.15, 0.2) is 5.96 Å². The third-order valence-corrected chi connectivity index (χ3v) is 4.78. The Morgan fingerprint density at radius 3 is 2.60 bits per heavy atom. The molecule has 1 aromatic rings. The minimum Gasteiger partial charge on any atom is -0.356 e. The molecule has 0 aromatic heterocycles. The van der Waals surface area contributed by atoms with Gasteiger partial charge in [-0.1, -0.05) is 23.7 Å². The number of likely N-dealkylation sites (N-methyl/N-ethyl adjacent to an activating group) is 1. The van der Waals surface area contributed by atoms with Gasteiger partial charge in [0.05, 0.1) is 0 Å². The highest BCUT2D eigenvalue weighted by atomic mass is 127. The van der Waals surface area contributed by atoms with Crippen molar-refractivity contribution in [2.45, 2.75) is 19.4 Å². The fourth-order valence-electron chi connectivity index (χ4n) is 2.87. The van der Waals surface area contributed by atoms with E-state index in [-0.39, 0.29) is 24.0 Å². The van der Waals surface area contributed by atoms with E-state index in [0.717, 1.165) is 56.7 Å². The molecule has 5 nitrogen and oxygen atoms in total. The number of nitrogens with zero attached hydrogens (tertiary/aromatic N) is 3. The number of rotatable bonds is 6. The molecule has 1 aromatic carbocycles. The molecule has 0 radical (unpaired) electrons. The van der Waals surface area contributed by atoms with Crippen LogP contribution in [0.15, 0.2) is 29.3 Å². The highest BCUT2D eigenvalue weighted by Gasteiger charge is 2.18. The molecular formula is C18H31ClIN5. The lowest BCUT2D eigenvalue weighted by Crippen LogP contribution is -2.52. The first-order valence-corrected chi connectivity index (χ1v) is 9.08. The van der Waals surface area contributed by atoms with Crippen LogP contribution in [-0.2, 0) is 6.42 Å². The lowest BCUT2D eigenvalue weighted by Gasteiger charge is -2.36. The van der Waals surface area contributed by atoms with E-state index in [9.17, 15) is 0 Å². The Balaban J connectivity index is 0.00000312. The van der Waals surface area contributed by atoms with Crippen LogP contribution in [0.5, 0.6) is 0 Å². The summed E-state index contributed by atoms with van der Waals surface area (Å²) in [5, 5.41) is 7.59. The predicted molar refractivity (Wildman–Crippen MR) is 118 cm³/mol. The highest BCUT2D eigenvalue weighted by Crippen LogP contribution is 2.10. The second kappa shape index (κ2) is 11.9. The first kappa shape index (κ1) is 22.5. The largest absolute Gasteiger partial charge is 0.356 e. The first-order valence-electron chi connectivity index (χ1n) is 8.70. The minimum absolute atomic E-state index is 0. The third kappa shape index (κ3) is 8.11. The Hall–Kier alpha value is -0.570. The van der Waals surface area contributed by atoms with Gasteiger partial charge >= 0.3 is 0 Å². The van der Waals surface area contributed by atoms with Gasteiger partial charge in [-0.15, -0.1) is 24.0 Å². The number of piperazine rings is 1. The lowest BCUT2D eigenvalue weighted by atomic mass is 10.1. The first-order chi connectivity index (χ1) is 11.6. The summed E-state index contributed by atoms with van der Waals surface area (Å²) in [5.41, 5.74) is 1.23. The molecule has 0 saturated carbocycles. The van der Waals surface area contributed by atoms with Crippen LogP contribution in [0, 0.1) is 0 Å². The van der Waals surface area contributed by atoms with Crippen molar-refractivity contribution in [3.63, 3.8) is 0 Å². The normalized spacial score (nSPS) is 17.7. The van der Waals surface area contributed by atoms with E-state index >= 15 is 0 Å². The lowest BCUT2D eigenvalue weighted by molar-refractivity contribution is 0.120. The van der Waals surface area contributed by atoms with Gasteiger partial charge in [-0.2, -0.15) is 0 Å². The molecule has 25 heavy (non-hydrogen) atoms. The van der Waals surface area contributed by atoms with Crippen LogP contribution in [0.4, 0.5) is 0 Å².